The van der Waals surface area contributed by atoms with Gasteiger partial charge in [-0.15, -0.1) is 0 Å². The summed E-state index contributed by atoms with van der Waals surface area (Å²) in [6.45, 7) is 6.15. The van der Waals surface area contributed by atoms with Crippen molar-refractivity contribution in [3.05, 3.63) is 0 Å². The molecule has 0 radical (unpaired) electrons. The highest BCUT2D eigenvalue weighted by atomic mass is 16.5. The molecule has 2 heterocycles. The first kappa shape index (κ1) is 16.1. The zero-order valence-electron chi connectivity index (χ0n) is 13.2. The lowest BCUT2D eigenvalue weighted by atomic mass is 9.96. The van der Waals surface area contributed by atoms with Crippen LogP contribution in [-0.2, 0) is 9.53 Å². The lowest BCUT2D eigenvalue weighted by Crippen LogP contribution is -2.47. The Morgan fingerprint density at radius 3 is 2.76 bits per heavy atom. The fourth-order valence-corrected chi connectivity index (χ4v) is 2.91. The Balaban J connectivity index is 1.75. The van der Waals surface area contributed by atoms with E-state index in [4.69, 9.17) is 4.74 Å². The maximum absolute atomic E-state index is 11.5. The number of aliphatic imine (C=N–C) groups is 1. The number of hydrogen-bond donors (Lipinski definition) is 3. The molecule has 2 bridgehead atoms. The third kappa shape index (κ3) is 4.88. The predicted molar refractivity (Wildman–Crippen MR) is 83.3 cm³/mol. The van der Waals surface area contributed by atoms with Gasteiger partial charge in [-0.25, -0.2) is 0 Å². The van der Waals surface area contributed by atoms with Crippen molar-refractivity contribution in [3.8, 4) is 0 Å². The van der Waals surface area contributed by atoms with Gasteiger partial charge < -0.3 is 20.7 Å². The second-order valence-corrected chi connectivity index (χ2v) is 5.72. The van der Waals surface area contributed by atoms with Crippen molar-refractivity contribution in [3.63, 3.8) is 0 Å². The summed E-state index contributed by atoms with van der Waals surface area (Å²) in [6.07, 6.45) is 5.54. The molecule has 0 aliphatic carbocycles. The van der Waals surface area contributed by atoms with Gasteiger partial charge in [-0.1, -0.05) is 6.92 Å². The third-order valence-electron chi connectivity index (χ3n) is 3.95. The number of rotatable bonds is 7. The summed E-state index contributed by atoms with van der Waals surface area (Å²) in [6, 6.07) is 0.357. The SMILES string of the molecule is CCCNC(=O)CCN=C(NCC)NC1CC2CCC1O2. The van der Waals surface area contributed by atoms with E-state index in [1.54, 1.807) is 0 Å². The Bertz CT molecular complexity index is 373. The molecule has 120 valence electrons. The zero-order chi connectivity index (χ0) is 15.1. The molecule has 1 amide bonds. The molecule has 2 rings (SSSR count). The number of guanidine groups is 1. The summed E-state index contributed by atoms with van der Waals surface area (Å²) >= 11 is 0. The molecule has 0 spiro atoms. The van der Waals surface area contributed by atoms with Crippen molar-refractivity contribution in [2.24, 2.45) is 4.99 Å². The van der Waals surface area contributed by atoms with E-state index in [1.807, 2.05) is 13.8 Å². The number of fused-ring (bicyclic) bond motifs is 2. The lowest BCUT2D eigenvalue weighted by molar-refractivity contribution is -0.120. The Labute approximate surface area is 127 Å². The number of ether oxygens (including phenoxy) is 1. The summed E-state index contributed by atoms with van der Waals surface area (Å²) in [5.74, 6) is 0.863. The number of nitrogens with one attached hydrogen (secondary N) is 3. The zero-order valence-corrected chi connectivity index (χ0v) is 13.2. The Kier molecular flexibility index (Phi) is 6.29. The van der Waals surface area contributed by atoms with Crippen LogP contribution in [0.4, 0.5) is 0 Å². The molecule has 3 unspecified atom stereocenters. The monoisotopic (exact) mass is 296 g/mol. The van der Waals surface area contributed by atoms with Crippen LogP contribution >= 0.6 is 0 Å². The first-order valence-electron chi connectivity index (χ1n) is 8.20. The molecule has 6 nitrogen and oxygen atoms in total. The van der Waals surface area contributed by atoms with E-state index in [0.717, 1.165) is 38.3 Å². The summed E-state index contributed by atoms with van der Waals surface area (Å²) in [4.78, 5) is 16.0. The summed E-state index contributed by atoms with van der Waals surface area (Å²) < 4.78 is 5.84. The van der Waals surface area contributed by atoms with Crippen LogP contribution in [0.25, 0.3) is 0 Å². The van der Waals surface area contributed by atoms with E-state index in [2.05, 4.69) is 20.9 Å². The van der Waals surface area contributed by atoms with Crippen molar-refractivity contribution >= 4 is 11.9 Å². The van der Waals surface area contributed by atoms with Crippen molar-refractivity contribution in [1.29, 1.82) is 0 Å². The molecule has 3 atom stereocenters. The van der Waals surface area contributed by atoms with Crippen molar-refractivity contribution in [2.75, 3.05) is 19.6 Å². The van der Waals surface area contributed by atoms with Gasteiger partial charge in [0.05, 0.1) is 24.8 Å². The minimum atomic E-state index is 0.0692. The molecule has 2 saturated heterocycles. The van der Waals surface area contributed by atoms with Crippen molar-refractivity contribution < 1.29 is 9.53 Å². The van der Waals surface area contributed by atoms with Gasteiger partial charge in [0.15, 0.2) is 5.96 Å². The minimum Gasteiger partial charge on any atom is -0.373 e. The quantitative estimate of drug-likeness (QED) is 0.479. The predicted octanol–water partition coefficient (Wildman–Crippen LogP) is 0.778. The first-order valence-corrected chi connectivity index (χ1v) is 8.20. The normalized spacial score (nSPS) is 27.7. The van der Waals surface area contributed by atoms with Crippen LogP contribution in [0, 0.1) is 0 Å². The first-order chi connectivity index (χ1) is 10.2. The minimum absolute atomic E-state index is 0.0692. The largest absolute Gasteiger partial charge is 0.373 e. The highest BCUT2D eigenvalue weighted by molar-refractivity contribution is 5.81. The van der Waals surface area contributed by atoms with Gasteiger partial charge in [0.2, 0.25) is 5.91 Å². The van der Waals surface area contributed by atoms with Crippen LogP contribution in [-0.4, -0.2) is 49.8 Å². The molecule has 2 aliphatic heterocycles. The smallest absolute Gasteiger partial charge is 0.221 e. The number of carbonyl (C=O) groups is 1. The van der Waals surface area contributed by atoms with Crippen LogP contribution in [0.15, 0.2) is 4.99 Å². The van der Waals surface area contributed by atoms with Crippen LogP contribution in [0.1, 0.15) is 46.0 Å². The van der Waals surface area contributed by atoms with Gasteiger partial charge in [-0.2, -0.15) is 0 Å². The van der Waals surface area contributed by atoms with Crippen molar-refractivity contribution in [2.45, 2.75) is 64.2 Å². The van der Waals surface area contributed by atoms with Crippen molar-refractivity contribution in [1.82, 2.24) is 16.0 Å². The molecule has 0 aromatic heterocycles. The van der Waals surface area contributed by atoms with E-state index in [1.165, 1.54) is 6.42 Å². The maximum atomic E-state index is 11.5. The van der Waals surface area contributed by atoms with E-state index in [-0.39, 0.29) is 5.91 Å². The Morgan fingerprint density at radius 2 is 2.14 bits per heavy atom. The number of nitrogens with zero attached hydrogens (tertiary/aromatic N) is 1. The van der Waals surface area contributed by atoms with Crippen LogP contribution in [0.2, 0.25) is 0 Å². The highest BCUT2D eigenvalue weighted by Crippen LogP contribution is 2.34. The second kappa shape index (κ2) is 8.22. The van der Waals surface area contributed by atoms with Crippen LogP contribution in [0.3, 0.4) is 0 Å². The number of carbonyl (C=O) groups excluding carboxylic acids is 1. The highest BCUT2D eigenvalue weighted by Gasteiger charge is 2.41. The number of amides is 1. The van der Waals surface area contributed by atoms with Crippen LogP contribution < -0.4 is 16.0 Å². The maximum Gasteiger partial charge on any atom is 0.221 e. The summed E-state index contributed by atoms with van der Waals surface area (Å²) in [5.41, 5.74) is 0. The van der Waals surface area contributed by atoms with E-state index < -0.39 is 0 Å². The Morgan fingerprint density at radius 1 is 1.29 bits per heavy atom. The van der Waals surface area contributed by atoms with E-state index in [0.29, 0.717) is 31.2 Å². The fourth-order valence-electron chi connectivity index (χ4n) is 2.91. The molecule has 3 N–H and O–H groups in total. The molecule has 2 fully saturated rings. The standard InChI is InChI=1S/C15H28N4O2/c1-3-8-17-14(20)7-9-18-15(16-4-2)19-12-10-11-5-6-13(12)21-11/h11-13H,3-10H2,1-2H3,(H,17,20)(H2,16,18,19). The molecule has 0 aromatic rings. The molecule has 2 aliphatic rings. The van der Waals surface area contributed by atoms with Gasteiger partial charge in [0, 0.05) is 19.5 Å². The average Bonchev–Trinajstić information content (AvgIpc) is 3.07. The molecule has 21 heavy (non-hydrogen) atoms. The second-order valence-electron chi connectivity index (χ2n) is 5.72. The molecular formula is C15H28N4O2. The molecular weight excluding hydrogens is 268 g/mol. The lowest BCUT2D eigenvalue weighted by Gasteiger charge is -2.22. The van der Waals surface area contributed by atoms with E-state index in [9.17, 15) is 4.79 Å². The Hall–Kier alpha value is -1.30. The summed E-state index contributed by atoms with van der Waals surface area (Å²) in [5, 5.41) is 9.55. The van der Waals surface area contributed by atoms with Gasteiger partial charge in [-0.3, -0.25) is 9.79 Å². The molecule has 0 saturated carbocycles. The third-order valence-corrected chi connectivity index (χ3v) is 3.95. The molecule has 6 heteroatoms. The van der Waals surface area contributed by atoms with Gasteiger partial charge in [-0.05, 0) is 32.6 Å². The topological polar surface area (TPSA) is 74.8 Å². The van der Waals surface area contributed by atoms with Gasteiger partial charge in [0.1, 0.15) is 0 Å². The molecule has 0 aromatic carbocycles. The van der Waals surface area contributed by atoms with E-state index >= 15 is 0 Å². The van der Waals surface area contributed by atoms with Crippen LogP contribution in [0.5, 0.6) is 0 Å². The average molecular weight is 296 g/mol. The van der Waals surface area contributed by atoms with Gasteiger partial charge in [0.25, 0.3) is 0 Å². The summed E-state index contributed by atoms with van der Waals surface area (Å²) in [7, 11) is 0. The number of hydrogen-bond acceptors (Lipinski definition) is 3. The fraction of sp³-hybridized carbons (Fsp3) is 0.867. The van der Waals surface area contributed by atoms with Gasteiger partial charge >= 0.3 is 0 Å².